The van der Waals surface area contributed by atoms with Gasteiger partial charge in [0.15, 0.2) is 0 Å². The topological polar surface area (TPSA) is 46.2 Å². The van der Waals surface area contributed by atoms with E-state index < -0.39 is 14.9 Å². The Labute approximate surface area is 244 Å². The average Bonchev–Trinajstić information content (AvgIpc) is 2.83. The van der Waals surface area contributed by atoms with Crippen LogP contribution in [0.15, 0.2) is 36.4 Å². The van der Waals surface area contributed by atoms with Crippen molar-refractivity contribution in [2.45, 2.75) is 111 Å². The van der Waals surface area contributed by atoms with Gasteiger partial charge in [-0.15, -0.1) is 0 Å². The predicted molar refractivity (Wildman–Crippen MR) is 165 cm³/mol. The molecule has 0 radical (unpaired) electrons. The number of hydrogen-bond donors (Lipinski definition) is 0. The van der Waals surface area contributed by atoms with Crippen LogP contribution in [-0.2, 0) is 40.2 Å². The summed E-state index contributed by atoms with van der Waals surface area (Å²) in [5, 5.41) is 1.16. The molecular formula is C34H51O5P. The zero-order chi connectivity index (χ0) is 29.7. The van der Waals surface area contributed by atoms with Crippen LogP contribution in [0.25, 0.3) is 0 Å². The molecule has 0 bridgehead atoms. The standard InChI is InChI=1S/C34H51O5P/c1-30(2,3)23-13-15-27(25(17-23)32(7,8)9)39-29-35-19-34(20-36-29)21-37-40(38-22-34)28-16-14-24(31(4,5)6)18-26(28)33(10,11)12/h13-18,29H,19-22H2,1-12H3. The highest BCUT2D eigenvalue weighted by molar-refractivity contribution is 7.56. The molecule has 2 fully saturated rings. The van der Waals surface area contributed by atoms with E-state index in [0.717, 1.165) is 16.6 Å². The van der Waals surface area contributed by atoms with Gasteiger partial charge in [-0.25, -0.2) is 0 Å². The van der Waals surface area contributed by atoms with E-state index in [2.05, 4.69) is 119 Å². The summed E-state index contributed by atoms with van der Waals surface area (Å²) in [6.07, 6.45) is 0. The summed E-state index contributed by atoms with van der Waals surface area (Å²) < 4.78 is 31.4. The summed E-state index contributed by atoms with van der Waals surface area (Å²) in [5.74, 6) is 0.800. The molecule has 2 aliphatic heterocycles. The Kier molecular flexibility index (Phi) is 8.62. The van der Waals surface area contributed by atoms with Gasteiger partial charge in [-0.2, -0.15) is 0 Å². The molecule has 4 rings (SSSR count). The molecule has 0 aromatic heterocycles. The first-order chi connectivity index (χ1) is 18.3. The van der Waals surface area contributed by atoms with E-state index in [1.54, 1.807) is 0 Å². The predicted octanol–water partition coefficient (Wildman–Crippen LogP) is 8.26. The van der Waals surface area contributed by atoms with Crippen molar-refractivity contribution in [3.05, 3.63) is 58.7 Å². The first-order valence-corrected chi connectivity index (χ1v) is 15.7. The summed E-state index contributed by atoms with van der Waals surface area (Å²) in [6, 6.07) is 13.2. The van der Waals surface area contributed by atoms with E-state index in [9.17, 15) is 0 Å². The van der Waals surface area contributed by atoms with Crippen molar-refractivity contribution in [3.63, 3.8) is 0 Å². The lowest BCUT2D eigenvalue weighted by molar-refractivity contribution is -0.315. The molecule has 0 N–H and O–H groups in total. The van der Waals surface area contributed by atoms with Gasteiger partial charge in [-0.1, -0.05) is 107 Å². The summed E-state index contributed by atoms with van der Waals surface area (Å²) in [7, 11) is -1.17. The largest absolute Gasteiger partial charge is 0.441 e. The van der Waals surface area contributed by atoms with Gasteiger partial charge in [0, 0.05) is 10.9 Å². The molecule has 2 saturated heterocycles. The van der Waals surface area contributed by atoms with Crippen molar-refractivity contribution in [2.75, 3.05) is 26.4 Å². The van der Waals surface area contributed by atoms with Crippen molar-refractivity contribution in [1.29, 1.82) is 0 Å². The second-order valence-corrected chi connectivity index (χ2v) is 17.3. The maximum absolute atomic E-state index is 6.42. The van der Waals surface area contributed by atoms with Crippen LogP contribution in [0.2, 0.25) is 0 Å². The zero-order valence-corrected chi connectivity index (χ0v) is 27.8. The molecule has 0 atom stereocenters. The summed E-state index contributed by atoms with van der Waals surface area (Å²) in [6.45, 7) is 28.0. The fourth-order valence-corrected chi connectivity index (χ4v) is 6.90. The van der Waals surface area contributed by atoms with E-state index in [1.165, 1.54) is 16.7 Å². The van der Waals surface area contributed by atoms with Crippen LogP contribution in [0, 0.1) is 5.41 Å². The highest BCUT2D eigenvalue weighted by atomic mass is 31.2. The van der Waals surface area contributed by atoms with Gasteiger partial charge >= 0.3 is 6.48 Å². The third-order valence-electron chi connectivity index (χ3n) is 7.77. The lowest BCUT2D eigenvalue weighted by atomic mass is 9.80. The molecule has 2 aromatic carbocycles. The van der Waals surface area contributed by atoms with Gasteiger partial charge in [-0.3, -0.25) is 0 Å². The second kappa shape index (κ2) is 11.0. The molecule has 6 heteroatoms. The highest BCUT2D eigenvalue weighted by Crippen LogP contribution is 2.49. The minimum Gasteiger partial charge on any atom is -0.441 e. The number of hydrogen-bond acceptors (Lipinski definition) is 5. The van der Waals surface area contributed by atoms with E-state index in [1.807, 2.05) is 0 Å². The van der Waals surface area contributed by atoms with E-state index in [0.29, 0.717) is 26.4 Å². The molecular weight excluding hydrogens is 519 g/mol. The molecule has 40 heavy (non-hydrogen) atoms. The Morgan fingerprint density at radius 3 is 1.57 bits per heavy atom. The lowest BCUT2D eigenvalue weighted by Crippen LogP contribution is -2.50. The van der Waals surface area contributed by atoms with Crippen LogP contribution in [0.4, 0.5) is 0 Å². The minimum absolute atomic E-state index is 0.0145. The van der Waals surface area contributed by atoms with Crippen molar-refractivity contribution in [1.82, 2.24) is 0 Å². The maximum atomic E-state index is 6.42. The van der Waals surface area contributed by atoms with E-state index >= 15 is 0 Å². The van der Waals surface area contributed by atoms with Crippen LogP contribution in [0.3, 0.4) is 0 Å². The molecule has 0 saturated carbocycles. The van der Waals surface area contributed by atoms with Gasteiger partial charge < -0.3 is 23.3 Å². The molecule has 2 aromatic rings. The van der Waals surface area contributed by atoms with E-state index in [-0.39, 0.29) is 27.1 Å². The zero-order valence-electron chi connectivity index (χ0n) is 26.9. The molecule has 222 valence electrons. The Morgan fingerprint density at radius 2 is 1.10 bits per heavy atom. The third-order valence-corrected chi connectivity index (χ3v) is 9.28. The Hall–Kier alpha value is -1.49. The Balaban J connectivity index is 1.42. The summed E-state index contributed by atoms with van der Waals surface area (Å²) in [4.78, 5) is 0. The van der Waals surface area contributed by atoms with Gasteiger partial charge in [0.05, 0.1) is 31.8 Å². The fraction of sp³-hybridized carbons (Fsp3) is 0.647. The van der Waals surface area contributed by atoms with Crippen LogP contribution in [0.1, 0.15) is 105 Å². The number of rotatable bonds is 3. The van der Waals surface area contributed by atoms with Crippen LogP contribution >= 0.6 is 8.38 Å². The van der Waals surface area contributed by atoms with Gasteiger partial charge in [0.1, 0.15) is 5.75 Å². The molecule has 0 unspecified atom stereocenters. The molecule has 2 heterocycles. The van der Waals surface area contributed by atoms with Gasteiger partial charge in [-0.05, 0) is 50.5 Å². The van der Waals surface area contributed by atoms with Crippen molar-refractivity contribution < 1.29 is 23.3 Å². The molecule has 0 aliphatic carbocycles. The fourth-order valence-electron chi connectivity index (χ4n) is 4.97. The number of benzene rings is 2. The average molecular weight is 571 g/mol. The normalized spacial score (nSPS) is 24.8. The highest BCUT2D eigenvalue weighted by Gasteiger charge is 2.44. The van der Waals surface area contributed by atoms with E-state index in [4.69, 9.17) is 23.3 Å². The second-order valence-electron chi connectivity index (χ2n) is 15.8. The monoisotopic (exact) mass is 570 g/mol. The third kappa shape index (κ3) is 7.10. The van der Waals surface area contributed by atoms with Crippen LogP contribution in [-0.4, -0.2) is 32.9 Å². The quantitative estimate of drug-likeness (QED) is 0.348. The Morgan fingerprint density at radius 1 is 0.625 bits per heavy atom. The number of ether oxygens (including phenoxy) is 3. The van der Waals surface area contributed by atoms with Gasteiger partial charge in [0.25, 0.3) is 0 Å². The maximum Gasteiger partial charge on any atom is 0.315 e. The Bertz CT molecular complexity index is 1170. The van der Waals surface area contributed by atoms with Gasteiger partial charge in [0.2, 0.25) is 8.38 Å². The van der Waals surface area contributed by atoms with Crippen molar-refractivity contribution >= 4 is 13.7 Å². The first kappa shape index (κ1) is 31.4. The SMILES string of the molecule is CC(C)(C)c1ccc(OC2OCC3(CO2)COP(c2ccc(C(C)(C)C)cc2C(C)(C)C)OC3)c(C(C)(C)C)c1. The molecule has 1 spiro atoms. The minimum atomic E-state index is -1.17. The van der Waals surface area contributed by atoms with Crippen molar-refractivity contribution in [2.24, 2.45) is 5.41 Å². The summed E-state index contributed by atoms with van der Waals surface area (Å²) in [5.41, 5.74) is 4.76. The van der Waals surface area contributed by atoms with Crippen LogP contribution < -0.4 is 10.0 Å². The molecule has 0 amide bonds. The lowest BCUT2D eigenvalue weighted by Gasteiger charge is -2.43. The first-order valence-electron chi connectivity index (χ1n) is 14.5. The summed E-state index contributed by atoms with van der Waals surface area (Å²) >= 11 is 0. The van der Waals surface area contributed by atoms with Crippen molar-refractivity contribution in [3.8, 4) is 5.75 Å². The smallest absolute Gasteiger partial charge is 0.315 e. The molecule has 5 nitrogen and oxygen atoms in total. The van der Waals surface area contributed by atoms with Crippen LogP contribution in [0.5, 0.6) is 5.75 Å². The molecule has 2 aliphatic rings.